The Balaban J connectivity index is 1.53. The highest BCUT2D eigenvalue weighted by Gasteiger charge is 2.52. The van der Waals surface area contributed by atoms with Crippen molar-refractivity contribution < 1.29 is 18.8 Å². The number of hydrogen-bond donors (Lipinski definition) is 2. The van der Waals surface area contributed by atoms with Crippen molar-refractivity contribution in [1.29, 1.82) is 0 Å². The first kappa shape index (κ1) is 17.0. The lowest BCUT2D eigenvalue weighted by Crippen LogP contribution is -2.51. The molecule has 1 aromatic heterocycles. The zero-order valence-electron chi connectivity index (χ0n) is 14.2. The van der Waals surface area contributed by atoms with Gasteiger partial charge < -0.3 is 5.32 Å². The summed E-state index contributed by atoms with van der Waals surface area (Å²) in [6.45, 7) is 2.12. The predicted molar refractivity (Wildman–Crippen MR) is 95.0 cm³/mol. The van der Waals surface area contributed by atoms with E-state index in [1.54, 1.807) is 12.1 Å². The molecular weight excluding hydrogens is 357 g/mol. The molecule has 2 aliphatic rings. The second-order valence-electron chi connectivity index (χ2n) is 7.07. The Hall–Kier alpha value is -2.48. The molecule has 2 heterocycles. The van der Waals surface area contributed by atoms with Crippen molar-refractivity contribution in [2.75, 3.05) is 0 Å². The summed E-state index contributed by atoms with van der Waals surface area (Å²) < 4.78 is 13.9. The molecule has 0 atom stereocenters. The Bertz CT molecular complexity index is 918. The standard InChI is InChI=1S/C18H18FN3O3S/c1-10-4-6-18(7-5-10)16(24)22(17(25)20-18)21-15(23)14-8-11-2-3-12(19)9-13(11)26-14/h2-3,8-10H,4-7H2,1H3,(H,20,25)(H,21,23). The lowest BCUT2D eigenvalue weighted by atomic mass is 9.77. The second-order valence-corrected chi connectivity index (χ2v) is 8.15. The fourth-order valence-electron chi connectivity index (χ4n) is 3.59. The second kappa shape index (κ2) is 6.05. The number of carbonyl (C=O) groups excluding carboxylic acids is 3. The Kier molecular flexibility index (Phi) is 3.95. The van der Waals surface area contributed by atoms with Crippen LogP contribution in [-0.2, 0) is 4.79 Å². The van der Waals surface area contributed by atoms with E-state index in [0.717, 1.165) is 34.6 Å². The number of halogens is 1. The number of fused-ring (bicyclic) bond motifs is 1. The topological polar surface area (TPSA) is 78.5 Å². The summed E-state index contributed by atoms with van der Waals surface area (Å²) in [5.74, 6) is -0.826. The molecule has 1 aliphatic heterocycles. The molecule has 2 N–H and O–H groups in total. The number of carbonyl (C=O) groups is 3. The van der Waals surface area contributed by atoms with Gasteiger partial charge in [0.05, 0.1) is 4.88 Å². The molecule has 0 bridgehead atoms. The van der Waals surface area contributed by atoms with Crippen LogP contribution in [0, 0.1) is 11.7 Å². The molecule has 1 saturated heterocycles. The third-order valence-corrected chi connectivity index (χ3v) is 6.31. The minimum atomic E-state index is -0.903. The van der Waals surface area contributed by atoms with E-state index in [0.29, 0.717) is 28.3 Å². The van der Waals surface area contributed by atoms with Crippen LogP contribution in [0.1, 0.15) is 42.3 Å². The normalized spacial score (nSPS) is 25.8. The van der Waals surface area contributed by atoms with Gasteiger partial charge in [-0.15, -0.1) is 11.3 Å². The van der Waals surface area contributed by atoms with E-state index in [9.17, 15) is 18.8 Å². The van der Waals surface area contributed by atoms with Gasteiger partial charge in [0.1, 0.15) is 11.4 Å². The number of urea groups is 1. The lowest BCUT2D eigenvalue weighted by molar-refractivity contribution is -0.134. The molecule has 6 nitrogen and oxygen atoms in total. The number of amides is 4. The van der Waals surface area contributed by atoms with Crippen LogP contribution in [0.4, 0.5) is 9.18 Å². The first-order chi connectivity index (χ1) is 12.4. The van der Waals surface area contributed by atoms with Crippen LogP contribution in [0.5, 0.6) is 0 Å². The number of benzene rings is 1. The van der Waals surface area contributed by atoms with E-state index < -0.39 is 23.4 Å². The number of thiophene rings is 1. The van der Waals surface area contributed by atoms with Crippen LogP contribution in [0.3, 0.4) is 0 Å². The van der Waals surface area contributed by atoms with Crippen LogP contribution >= 0.6 is 11.3 Å². The molecule has 1 aliphatic carbocycles. The van der Waals surface area contributed by atoms with Gasteiger partial charge in [-0.3, -0.25) is 15.0 Å². The number of hydrogen-bond acceptors (Lipinski definition) is 4. The maximum absolute atomic E-state index is 13.3. The third kappa shape index (κ3) is 2.74. The fraction of sp³-hybridized carbons (Fsp3) is 0.389. The largest absolute Gasteiger partial charge is 0.344 e. The van der Waals surface area contributed by atoms with Gasteiger partial charge in [0.2, 0.25) is 0 Å². The SMILES string of the molecule is CC1CCC2(CC1)NC(=O)N(NC(=O)c1cc3ccc(F)cc3s1)C2=O. The predicted octanol–water partition coefficient (Wildman–Crippen LogP) is 3.19. The Morgan fingerprint density at radius 3 is 2.77 bits per heavy atom. The molecular formula is C18H18FN3O3S. The van der Waals surface area contributed by atoms with Crippen molar-refractivity contribution in [3.8, 4) is 0 Å². The molecule has 0 radical (unpaired) electrons. The smallest absolute Gasteiger partial charge is 0.322 e. The van der Waals surface area contributed by atoms with Crippen molar-refractivity contribution in [2.24, 2.45) is 5.92 Å². The van der Waals surface area contributed by atoms with E-state index in [1.165, 1.54) is 12.1 Å². The lowest BCUT2D eigenvalue weighted by Gasteiger charge is -2.33. The van der Waals surface area contributed by atoms with Crippen molar-refractivity contribution in [3.63, 3.8) is 0 Å². The van der Waals surface area contributed by atoms with Gasteiger partial charge in [-0.25, -0.2) is 9.18 Å². The molecule has 26 heavy (non-hydrogen) atoms. The Morgan fingerprint density at radius 1 is 1.31 bits per heavy atom. The number of imide groups is 1. The van der Waals surface area contributed by atoms with Gasteiger partial charge in [0.25, 0.3) is 11.8 Å². The summed E-state index contributed by atoms with van der Waals surface area (Å²) >= 11 is 1.11. The van der Waals surface area contributed by atoms with Crippen molar-refractivity contribution >= 4 is 39.3 Å². The van der Waals surface area contributed by atoms with E-state index in [1.807, 2.05) is 0 Å². The van der Waals surface area contributed by atoms with Gasteiger partial charge in [-0.05, 0) is 55.2 Å². The number of nitrogens with one attached hydrogen (secondary N) is 2. The number of nitrogens with zero attached hydrogens (tertiary/aromatic N) is 1. The van der Waals surface area contributed by atoms with Gasteiger partial charge in [0.15, 0.2) is 0 Å². The molecule has 1 saturated carbocycles. The van der Waals surface area contributed by atoms with Crippen molar-refractivity contribution in [3.05, 3.63) is 35.0 Å². The number of hydrazine groups is 1. The van der Waals surface area contributed by atoms with E-state index >= 15 is 0 Å². The minimum absolute atomic E-state index is 0.310. The monoisotopic (exact) mass is 375 g/mol. The highest BCUT2D eigenvalue weighted by Crippen LogP contribution is 2.36. The van der Waals surface area contributed by atoms with Gasteiger partial charge >= 0.3 is 6.03 Å². The van der Waals surface area contributed by atoms with Gasteiger partial charge in [-0.2, -0.15) is 5.01 Å². The molecule has 4 rings (SSSR count). The van der Waals surface area contributed by atoms with Crippen LogP contribution in [-0.4, -0.2) is 28.4 Å². The summed E-state index contributed by atoms with van der Waals surface area (Å²) in [7, 11) is 0. The van der Waals surface area contributed by atoms with Gasteiger partial charge in [-0.1, -0.05) is 13.0 Å². The zero-order valence-corrected chi connectivity index (χ0v) is 15.0. The van der Waals surface area contributed by atoms with Crippen LogP contribution in [0.15, 0.2) is 24.3 Å². The Morgan fingerprint density at radius 2 is 2.04 bits per heavy atom. The maximum atomic E-state index is 13.3. The van der Waals surface area contributed by atoms with Gasteiger partial charge in [0, 0.05) is 4.70 Å². The van der Waals surface area contributed by atoms with Crippen molar-refractivity contribution in [1.82, 2.24) is 15.8 Å². The average Bonchev–Trinajstić information content (AvgIpc) is 3.12. The fourth-order valence-corrected chi connectivity index (χ4v) is 4.57. The molecule has 1 spiro atoms. The quantitative estimate of drug-likeness (QED) is 0.792. The minimum Gasteiger partial charge on any atom is -0.322 e. The third-order valence-electron chi connectivity index (χ3n) is 5.21. The van der Waals surface area contributed by atoms with E-state index in [4.69, 9.17) is 0 Å². The molecule has 8 heteroatoms. The van der Waals surface area contributed by atoms with Crippen molar-refractivity contribution in [2.45, 2.75) is 38.1 Å². The summed E-state index contributed by atoms with van der Waals surface area (Å²) in [5, 5.41) is 4.27. The van der Waals surface area contributed by atoms with E-state index in [-0.39, 0.29) is 5.82 Å². The molecule has 2 aromatic rings. The molecule has 136 valence electrons. The summed E-state index contributed by atoms with van der Waals surface area (Å²) in [4.78, 5) is 37.8. The van der Waals surface area contributed by atoms with Crippen LogP contribution in [0.2, 0.25) is 0 Å². The molecule has 2 fully saturated rings. The summed E-state index contributed by atoms with van der Waals surface area (Å²) in [5.41, 5.74) is 1.50. The Labute approximate surface area is 153 Å². The molecule has 0 unspecified atom stereocenters. The number of rotatable bonds is 2. The highest BCUT2D eigenvalue weighted by molar-refractivity contribution is 7.20. The highest BCUT2D eigenvalue weighted by atomic mass is 32.1. The van der Waals surface area contributed by atoms with E-state index in [2.05, 4.69) is 17.7 Å². The maximum Gasteiger partial charge on any atom is 0.344 e. The van der Waals surface area contributed by atoms with Crippen LogP contribution < -0.4 is 10.7 Å². The first-order valence-electron chi connectivity index (χ1n) is 8.55. The summed E-state index contributed by atoms with van der Waals surface area (Å²) in [6.07, 6.45) is 2.87. The summed E-state index contributed by atoms with van der Waals surface area (Å²) in [6, 6.07) is 5.27. The average molecular weight is 375 g/mol. The molecule has 4 amide bonds. The van der Waals surface area contributed by atoms with Crippen LogP contribution in [0.25, 0.3) is 10.1 Å². The zero-order chi connectivity index (χ0) is 18.5. The first-order valence-corrected chi connectivity index (χ1v) is 9.36. The molecule has 1 aromatic carbocycles.